The average Bonchev–Trinajstić information content (AvgIpc) is 2.62. The molecule has 2 nitrogen and oxygen atoms in total. The Kier molecular flexibility index (Phi) is 2.49. The van der Waals surface area contributed by atoms with Gasteiger partial charge in [-0.3, -0.25) is 0 Å². The smallest absolute Gasteiger partial charge is 0.0861 e. The highest BCUT2D eigenvalue weighted by Gasteiger charge is 2.29. The topological polar surface area (TPSA) is 25.0 Å². The minimum Gasteiger partial charge on any atom is -0.235 e. The summed E-state index contributed by atoms with van der Waals surface area (Å²) in [5.41, 5.74) is 3.29. The van der Waals surface area contributed by atoms with Gasteiger partial charge < -0.3 is 0 Å². The molecule has 0 aliphatic carbocycles. The van der Waals surface area contributed by atoms with Crippen LogP contribution in [0.25, 0.3) is 0 Å². The zero-order valence-electron chi connectivity index (χ0n) is 6.35. The molecule has 0 aromatic heterocycles. The van der Waals surface area contributed by atoms with Crippen LogP contribution < -0.4 is 5.43 Å². The Labute approximate surface area is 57.2 Å². The molecule has 0 aromatic carbocycles. The fraction of sp³-hybridized carbons (Fsp3) is 1.00. The first-order valence-corrected chi connectivity index (χ1v) is 3.91. The SMILES string of the molecule is CCCCN1NC1CC. The molecule has 54 valence electrons. The Morgan fingerprint density at radius 2 is 2.22 bits per heavy atom. The number of nitrogens with zero attached hydrogens (tertiary/aromatic N) is 1. The lowest BCUT2D eigenvalue weighted by Crippen LogP contribution is -2.03. The van der Waals surface area contributed by atoms with Crippen LogP contribution in [0.3, 0.4) is 0 Å². The summed E-state index contributed by atoms with van der Waals surface area (Å²) >= 11 is 0. The van der Waals surface area contributed by atoms with Gasteiger partial charge in [0.15, 0.2) is 0 Å². The van der Waals surface area contributed by atoms with Crippen LogP contribution in [0, 0.1) is 0 Å². The van der Waals surface area contributed by atoms with Gasteiger partial charge in [-0.25, -0.2) is 10.4 Å². The molecule has 2 heteroatoms. The average molecular weight is 128 g/mol. The molecule has 1 aliphatic heterocycles. The monoisotopic (exact) mass is 128 g/mol. The molecule has 1 heterocycles. The van der Waals surface area contributed by atoms with Crippen LogP contribution in [0.1, 0.15) is 33.1 Å². The van der Waals surface area contributed by atoms with E-state index in [0.717, 1.165) is 0 Å². The Morgan fingerprint density at radius 3 is 2.67 bits per heavy atom. The minimum atomic E-state index is 0.705. The predicted molar refractivity (Wildman–Crippen MR) is 38.8 cm³/mol. The lowest BCUT2D eigenvalue weighted by Gasteiger charge is -1.95. The van der Waals surface area contributed by atoms with E-state index in [4.69, 9.17) is 0 Å². The van der Waals surface area contributed by atoms with Crippen molar-refractivity contribution in [3.05, 3.63) is 0 Å². The van der Waals surface area contributed by atoms with Crippen LogP contribution >= 0.6 is 0 Å². The highest BCUT2D eigenvalue weighted by Crippen LogP contribution is 2.12. The van der Waals surface area contributed by atoms with Crippen molar-refractivity contribution in [2.24, 2.45) is 0 Å². The molecule has 1 saturated heterocycles. The van der Waals surface area contributed by atoms with Crippen molar-refractivity contribution in [1.29, 1.82) is 0 Å². The molecule has 1 fully saturated rings. The number of hydrogen-bond acceptors (Lipinski definition) is 2. The fourth-order valence-electron chi connectivity index (χ4n) is 1.02. The van der Waals surface area contributed by atoms with E-state index in [2.05, 4.69) is 24.3 Å². The maximum absolute atomic E-state index is 3.29. The number of rotatable bonds is 4. The molecule has 1 N–H and O–H groups in total. The van der Waals surface area contributed by atoms with E-state index in [0.29, 0.717) is 6.17 Å². The highest BCUT2D eigenvalue weighted by molar-refractivity contribution is 4.75. The molecule has 9 heavy (non-hydrogen) atoms. The third kappa shape index (κ3) is 1.95. The Bertz CT molecular complexity index is 83.0. The number of unbranched alkanes of at least 4 members (excludes halogenated alkanes) is 1. The van der Waals surface area contributed by atoms with Crippen molar-refractivity contribution in [3.8, 4) is 0 Å². The molecular weight excluding hydrogens is 112 g/mol. The van der Waals surface area contributed by atoms with Gasteiger partial charge >= 0.3 is 0 Å². The van der Waals surface area contributed by atoms with Crippen molar-refractivity contribution in [2.45, 2.75) is 39.3 Å². The number of nitrogens with one attached hydrogen (secondary N) is 1. The van der Waals surface area contributed by atoms with E-state index in [9.17, 15) is 0 Å². The summed E-state index contributed by atoms with van der Waals surface area (Å²) in [4.78, 5) is 0. The van der Waals surface area contributed by atoms with Crippen molar-refractivity contribution in [1.82, 2.24) is 10.4 Å². The van der Waals surface area contributed by atoms with Crippen molar-refractivity contribution < 1.29 is 0 Å². The third-order valence-corrected chi connectivity index (χ3v) is 1.76. The second kappa shape index (κ2) is 3.18. The zero-order valence-corrected chi connectivity index (χ0v) is 6.35. The first-order valence-electron chi connectivity index (χ1n) is 3.91. The van der Waals surface area contributed by atoms with Gasteiger partial charge in [0.05, 0.1) is 6.17 Å². The van der Waals surface area contributed by atoms with Gasteiger partial charge in [0.25, 0.3) is 0 Å². The second-order valence-electron chi connectivity index (χ2n) is 2.60. The largest absolute Gasteiger partial charge is 0.235 e. The van der Waals surface area contributed by atoms with E-state index in [1.165, 1.54) is 25.8 Å². The predicted octanol–water partition coefficient (Wildman–Crippen LogP) is 1.34. The molecule has 0 radical (unpaired) electrons. The van der Waals surface area contributed by atoms with Crippen LogP contribution in [-0.2, 0) is 0 Å². The molecule has 0 spiro atoms. The molecule has 2 unspecified atom stereocenters. The summed E-state index contributed by atoms with van der Waals surface area (Å²) in [5, 5.41) is 2.31. The second-order valence-corrected chi connectivity index (χ2v) is 2.60. The van der Waals surface area contributed by atoms with Gasteiger partial charge in [0.1, 0.15) is 0 Å². The summed E-state index contributed by atoms with van der Waals surface area (Å²) in [6.07, 6.45) is 4.57. The maximum Gasteiger partial charge on any atom is 0.0861 e. The fourth-order valence-corrected chi connectivity index (χ4v) is 1.02. The lowest BCUT2D eigenvalue weighted by molar-refractivity contribution is 0.459. The quantitative estimate of drug-likeness (QED) is 0.578. The van der Waals surface area contributed by atoms with Crippen molar-refractivity contribution in [3.63, 3.8) is 0 Å². The van der Waals surface area contributed by atoms with E-state index >= 15 is 0 Å². The molecule has 2 atom stereocenters. The van der Waals surface area contributed by atoms with Crippen molar-refractivity contribution in [2.75, 3.05) is 6.54 Å². The zero-order chi connectivity index (χ0) is 6.69. The summed E-state index contributed by atoms with van der Waals surface area (Å²) < 4.78 is 0. The van der Waals surface area contributed by atoms with Crippen LogP contribution in [0.15, 0.2) is 0 Å². The number of hydrazine groups is 1. The maximum atomic E-state index is 3.29. The molecule has 1 aliphatic rings. The first kappa shape index (κ1) is 7.03. The van der Waals surface area contributed by atoms with Gasteiger partial charge in [0.2, 0.25) is 0 Å². The summed E-state index contributed by atoms with van der Waals surface area (Å²) in [7, 11) is 0. The van der Waals surface area contributed by atoms with E-state index in [1.807, 2.05) is 0 Å². The van der Waals surface area contributed by atoms with Crippen LogP contribution in [0.4, 0.5) is 0 Å². The number of hydrogen-bond donors (Lipinski definition) is 1. The standard InChI is InChI=1S/C7H16N2/c1-3-5-6-9-7(4-2)8-9/h7-8H,3-6H2,1-2H3. The molecule has 0 bridgehead atoms. The normalized spacial score (nSPS) is 32.7. The minimum absolute atomic E-state index is 0.705. The Morgan fingerprint density at radius 1 is 1.44 bits per heavy atom. The first-order chi connectivity index (χ1) is 4.38. The van der Waals surface area contributed by atoms with Gasteiger partial charge in [-0.2, -0.15) is 0 Å². The lowest BCUT2D eigenvalue weighted by atomic mass is 10.3. The summed E-state index contributed by atoms with van der Waals surface area (Å²) in [6, 6.07) is 0. The molecule has 1 rings (SSSR count). The molecule has 0 aromatic rings. The van der Waals surface area contributed by atoms with Crippen molar-refractivity contribution >= 4 is 0 Å². The van der Waals surface area contributed by atoms with Gasteiger partial charge in [-0.15, -0.1) is 0 Å². The van der Waals surface area contributed by atoms with E-state index in [1.54, 1.807) is 0 Å². The van der Waals surface area contributed by atoms with Crippen LogP contribution in [0.5, 0.6) is 0 Å². The Balaban J connectivity index is 1.92. The van der Waals surface area contributed by atoms with Crippen LogP contribution in [-0.4, -0.2) is 17.7 Å². The van der Waals surface area contributed by atoms with E-state index < -0.39 is 0 Å². The Hall–Kier alpha value is -0.0800. The van der Waals surface area contributed by atoms with Crippen LogP contribution in [0.2, 0.25) is 0 Å². The van der Waals surface area contributed by atoms with Gasteiger partial charge in [-0.05, 0) is 12.8 Å². The van der Waals surface area contributed by atoms with Gasteiger partial charge in [0, 0.05) is 6.54 Å². The summed E-state index contributed by atoms with van der Waals surface area (Å²) in [6.45, 7) is 5.67. The molecular formula is C7H16N2. The third-order valence-electron chi connectivity index (χ3n) is 1.76. The molecule has 0 saturated carbocycles. The summed E-state index contributed by atoms with van der Waals surface area (Å²) in [5.74, 6) is 0. The molecule has 0 amide bonds. The van der Waals surface area contributed by atoms with Gasteiger partial charge in [-0.1, -0.05) is 20.3 Å². The highest BCUT2D eigenvalue weighted by atomic mass is 15.7. The van der Waals surface area contributed by atoms with E-state index in [-0.39, 0.29) is 0 Å².